The molecule has 0 unspecified atom stereocenters. The van der Waals surface area contributed by atoms with Gasteiger partial charge in [-0.25, -0.2) is 0 Å². The number of hydrogen-bond acceptors (Lipinski definition) is 3. The average Bonchev–Trinajstić information content (AvgIpc) is 2.47. The molecule has 14 heavy (non-hydrogen) atoms. The number of carbonyl (C=O) groups is 1. The lowest BCUT2D eigenvalue weighted by molar-refractivity contribution is -0.137. The third-order valence-corrected chi connectivity index (χ3v) is 1.91. The Morgan fingerprint density at radius 3 is 2.64 bits per heavy atom. The van der Waals surface area contributed by atoms with Crippen LogP contribution in [0.3, 0.4) is 0 Å². The number of carboxylic acid groups (broad SMARTS) is 1. The van der Waals surface area contributed by atoms with Crippen LogP contribution in [0.15, 0.2) is 10.6 Å². The topological polar surface area (TPSA) is 63.3 Å². The van der Waals surface area contributed by atoms with Gasteiger partial charge in [-0.05, 0) is 0 Å². The van der Waals surface area contributed by atoms with Gasteiger partial charge in [-0.15, -0.1) is 0 Å². The molecular formula is C10H15NO3. The monoisotopic (exact) mass is 197 g/mol. The quantitative estimate of drug-likeness (QED) is 0.804. The summed E-state index contributed by atoms with van der Waals surface area (Å²) in [5, 5.41) is 12.4. The molecule has 1 rings (SSSR count). The standard InChI is InChI=1S/C10H15NO3/c1-10(2,3)8-6-7(14-11-8)4-5-9(12)13/h6H,4-5H2,1-3H3,(H,12,13). The van der Waals surface area contributed by atoms with Crippen molar-refractivity contribution in [3.63, 3.8) is 0 Å². The zero-order valence-corrected chi connectivity index (χ0v) is 8.70. The van der Waals surface area contributed by atoms with Crippen molar-refractivity contribution < 1.29 is 14.4 Å². The number of carboxylic acids is 1. The predicted molar refractivity (Wildman–Crippen MR) is 51.2 cm³/mol. The Kier molecular flexibility index (Phi) is 2.93. The molecule has 0 bridgehead atoms. The Balaban J connectivity index is 2.64. The fourth-order valence-electron chi connectivity index (χ4n) is 1.01. The number of hydrogen-bond donors (Lipinski definition) is 1. The number of aromatic nitrogens is 1. The summed E-state index contributed by atoms with van der Waals surface area (Å²) in [6, 6.07) is 1.82. The van der Waals surface area contributed by atoms with Crippen molar-refractivity contribution in [3.05, 3.63) is 17.5 Å². The van der Waals surface area contributed by atoms with E-state index in [-0.39, 0.29) is 11.8 Å². The first-order valence-electron chi connectivity index (χ1n) is 4.57. The van der Waals surface area contributed by atoms with Crippen LogP contribution in [0.5, 0.6) is 0 Å². The van der Waals surface area contributed by atoms with Crippen LogP contribution in [0.25, 0.3) is 0 Å². The van der Waals surface area contributed by atoms with E-state index in [1.807, 2.05) is 26.8 Å². The van der Waals surface area contributed by atoms with Gasteiger partial charge in [0.15, 0.2) is 0 Å². The van der Waals surface area contributed by atoms with E-state index in [0.717, 1.165) is 5.69 Å². The van der Waals surface area contributed by atoms with Crippen LogP contribution >= 0.6 is 0 Å². The fourth-order valence-corrected chi connectivity index (χ4v) is 1.01. The summed E-state index contributed by atoms with van der Waals surface area (Å²) >= 11 is 0. The Labute approximate surface area is 82.9 Å². The van der Waals surface area contributed by atoms with Crippen LogP contribution in [-0.2, 0) is 16.6 Å². The van der Waals surface area contributed by atoms with E-state index in [0.29, 0.717) is 12.2 Å². The maximum absolute atomic E-state index is 10.3. The van der Waals surface area contributed by atoms with E-state index >= 15 is 0 Å². The minimum absolute atomic E-state index is 0.0506. The van der Waals surface area contributed by atoms with Gasteiger partial charge in [-0.1, -0.05) is 25.9 Å². The molecule has 0 aliphatic rings. The molecule has 0 saturated heterocycles. The Hall–Kier alpha value is -1.32. The van der Waals surface area contributed by atoms with Crippen LogP contribution in [0.1, 0.15) is 38.6 Å². The second kappa shape index (κ2) is 3.82. The van der Waals surface area contributed by atoms with Crippen molar-refractivity contribution in [1.29, 1.82) is 0 Å². The molecule has 78 valence electrons. The van der Waals surface area contributed by atoms with Crippen molar-refractivity contribution >= 4 is 5.97 Å². The highest BCUT2D eigenvalue weighted by Gasteiger charge is 2.18. The van der Waals surface area contributed by atoms with Crippen molar-refractivity contribution in [3.8, 4) is 0 Å². The zero-order chi connectivity index (χ0) is 10.8. The van der Waals surface area contributed by atoms with Gasteiger partial charge in [0, 0.05) is 17.9 Å². The van der Waals surface area contributed by atoms with E-state index in [1.165, 1.54) is 0 Å². The van der Waals surface area contributed by atoms with Gasteiger partial charge in [0.1, 0.15) is 5.76 Å². The molecule has 0 fully saturated rings. The van der Waals surface area contributed by atoms with Crippen molar-refractivity contribution in [2.24, 2.45) is 0 Å². The molecule has 1 N–H and O–H groups in total. The first-order valence-corrected chi connectivity index (χ1v) is 4.57. The molecule has 4 heteroatoms. The van der Waals surface area contributed by atoms with Gasteiger partial charge < -0.3 is 9.63 Å². The first kappa shape index (κ1) is 10.8. The summed E-state index contributed by atoms with van der Waals surface area (Å²) in [6.45, 7) is 6.10. The average molecular weight is 197 g/mol. The first-order chi connectivity index (χ1) is 6.39. The van der Waals surface area contributed by atoms with Crippen LogP contribution < -0.4 is 0 Å². The van der Waals surface area contributed by atoms with Crippen molar-refractivity contribution in [2.45, 2.75) is 39.0 Å². The molecule has 0 aromatic carbocycles. The molecule has 0 amide bonds. The maximum Gasteiger partial charge on any atom is 0.303 e. The van der Waals surface area contributed by atoms with Gasteiger partial charge in [-0.2, -0.15) is 0 Å². The van der Waals surface area contributed by atoms with E-state index in [2.05, 4.69) is 5.16 Å². The molecule has 1 aromatic heterocycles. The molecule has 0 atom stereocenters. The van der Waals surface area contributed by atoms with Crippen molar-refractivity contribution in [2.75, 3.05) is 0 Å². The van der Waals surface area contributed by atoms with Gasteiger partial charge in [-0.3, -0.25) is 4.79 Å². The third-order valence-electron chi connectivity index (χ3n) is 1.91. The number of aryl methyl sites for hydroxylation is 1. The second-order valence-corrected chi connectivity index (χ2v) is 4.32. The highest BCUT2D eigenvalue weighted by molar-refractivity contribution is 5.66. The summed E-state index contributed by atoms with van der Waals surface area (Å²) in [5.74, 6) is -0.184. The van der Waals surface area contributed by atoms with Crippen LogP contribution in [0.2, 0.25) is 0 Å². The van der Waals surface area contributed by atoms with Crippen LogP contribution in [-0.4, -0.2) is 16.2 Å². The summed E-state index contributed by atoms with van der Waals surface area (Å²) < 4.78 is 5.03. The highest BCUT2D eigenvalue weighted by atomic mass is 16.5. The summed E-state index contributed by atoms with van der Waals surface area (Å²) in [6.07, 6.45) is 0.483. The lowest BCUT2D eigenvalue weighted by Crippen LogP contribution is -2.11. The minimum atomic E-state index is -0.821. The molecule has 0 spiro atoms. The van der Waals surface area contributed by atoms with Crippen molar-refractivity contribution in [1.82, 2.24) is 5.16 Å². The Morgan fingerprint density at radius 2 is 2.21 bits per heavy atom. The molecule has 1 heterocycles. The number of aliphatic carboxylic acids is 1. The van der Waals surface area contributed by atoms with Gasteiger partial charge in [0.2, 0.25) is 0 Å². The molecule has 1 aromatic rings. The third kappa shape index (κ3) is 2.87. The second-order valence-electron chi connectivity index (χ2n) is 4.32. The van der Waals surface area contributed by atoms with Crippen LogP contribution in [0.4, 0.5) is 0 Å². The minimum Gasteiger partial charge on any atom is -0.481 e. The summed E-state index contributed by atoms with van der Waals surface area (Å²) in [4.78, 5) is 10.3. The van der Waals surface area contributed by atoms with Gasteiger partial charge in [0.05, 0.1) is 12.1 Å². The van der Waals surface area contributed by atoms with Gasteiger partial charge in [0.25, 0.3) is 0 Å². The lowest BCUT2D eigenvalue weighted by Gasteiger charge is -2.12. The SMILES string of the molecule is CC(C)(C)c1cc(CCC(=O)O)on1. The van der Waals surface area contributed by atoms with E-state index < -0.39 is 5.97 Å². The summed E-state index contributed by atoms with van der Waals surface area (Å²) in [7, 11) is 0. The Bertz CT molecular complexity index is 322. The van der Waals surface area contributed by atoms with E-state index in [4.69, 9.17) is 9.63 Å². The maximum atomic E-state index is 10.3. The fraction of sp³-hybridized carbons (Fsp3) is 0.600. The molecule has 0 aliphatic heterocycles. The highest BCUT2D eigenvalue weighted by Crippen LogP contribution is 2.21. The molecule has 0 saturated carbocycles. The number of nitrogens with zero attached hydrogens (tertiary/aromatic N) is 1. The predicted octanol–water partition coefficient (Wildman–Crippen LogP) is 1.99. The van der Waals surface area contributed by atoms with E-state index in [1.54, 1.807) is 0 Å². The molecule has 0 aliphatic carbocycles. The largest absolute Gasteiger partial charge is 0.481 e. The normalized spacial score (nSPS) is 11.6. The molecule has 4 nitrogen and oxygen atoms in total. The van der Waals surface area contributed by atoms with E-state index in [9.17, 15) is 4.79 Å². The smallest absolute Gasteiger partial charge is 0.303 e. The Morgan fingerprint density at radius 1 is 1.57 bits per heavy atom. The van der Waals surface area contributed by atoms with Crippen LogP contribution in [0, 0.1) is 0 Å². The lowest BCUT2D eigenvalue weighted by atomic mass is 9.92. The zero-order valence-electron chi connectivity index (χ0n) is 8.70. The van der Waals surface area contributed by atoms with Gasteiger partial charge >= 0.3 is 5.97 Å². The molecular weight excluding hydrogens is 182 g/mol. The molecule has 0 radical (unpaired) electrons. The summed E-state index contributed by atoms with van der Waals surface area (Å²) in [5.41, 5.74) is 0.809. The number of rotatable bonds is 3.